The number of aliphatic hydroxyl groups excluding tert-OH is 1. The normalized spacial score (nSPS) is 19.5. The molecule has 0 aliphatic carbocycles. The van der Waals surface area contributed by atoms with E-state index in [1.54, 1.807) is 17.6 Å². The van der Waals surface area contributed by atoms with Gasteiger partial charge in [-0.05, 0) is 13.0 Å². The molecule has 5 amide bonds. The number of ether oxygens (including phenoxy) is 1. The molecule has 1 fully saturated rings. The van der Waals surface area contributed by atoms with Crippen molar-refractivity contribution in [3.05, 3.63) is 23.9 Å². The van der Waals surface area contributed by atoms with E-state index in [1.165, 1.54) is 11.9 Å². The van der Waals surface area contributed by atoms with Crippen LogP contribution in [0.25, 0.3) is 0 Å². The molecule has 238 valence electrons. The van der Waals surface area contributed by atoms with Crippen molar-refractivity contribution in [2.75, 3.05) is 46.3 Å². The Hall–Kier alpha value is -3.71. The van der Waals surface area contributed by atoms with Crippen LogP contribution in [-0.2, 0) is 28.7 Å². The maximum Gasteiger partial charge on any atom is 0.471 e. The van der Waals surface area contributed by atoms with Gasteiger partial charge in [0.2, 0.25) is 12.3 Å². The van der Waals surface area contributed by atoms with E-state index in [1.807, 2.05) is 0 Å². The van der Waals surface area contributed by atoms with E-state index < -0.39 is 67.5 Å². The Bertz CT molecular complexity index is 979. The monoisotopic (exact) mass is 618 g/mol. The lowest BCUT2D eigenvalue weighted by Crippen LogP contribution is -2.46. The molecule has 1 aliphatic rings. The molecular formula is C23H32F6N6O7. The van der Waals surface area contributed by atoms with Gasteiger partial charge in [0.05, 0.1) is 17.8 Å². The zero-order valence-electron chi connectivity index (χ0n) is 22.6. The fourth-order valence-corrected chi connectivity index (χ4v) is 3.40. The number of carbonyl (C=O) groups excluding carboxylic acids is 5. The molecule has 0 aromatic carbocycles. The minimum absolute atomic E-state index is 0.0813. The van der Waals surface area contributed by atoms with Gasteiger partial charge in [-0.1, -0.05) is 0 Å². The van der Waals surface area contributed by atoms with Crippen molar-refractivity contribution in [2.45, 2.75) is 44.1 Å². The van der Waals surface area contributed by atoms with Crippen LogP contribution in [0.2, 0.25) is 0 Å². The highest BCUT2D eigenvalue weighted by Crippen LogP contribution is 2.23. The Kier molecular flexibility index (Phi) is 14.4. The maximum absolute atomic E-state index is 12.4. The first kappa shape index (κ1) is 36.3. The first-order valence-corrected chi connectivity index (χ1v) is 12.4. The summed E-state index contributed by atoms with van der Waals surface area (Å²) in [5, 5.41) is 17.8. The lowest BCUT2D eigenvalue weighted by molar-refractivity contribution is -0.173. The van der Waals surface area contributed by atoms with Gasteiger partial charge in [-0.25, -0.2) is 0 Å². The van der Waals surface area contributed by atoms with Crippen LogP contribution in [0.4, 0.5) is 26.3 Å². The molecule has 0 aromatic rings. The summed E-state index contributed by atoms with van der Waals surface area (Å²) in [5.41, 5.74) is -0.139. The zero-order valence-corrected chi connectivity index (χ0v) is 22.6. The van der Waals surface area contributed by atoms with Crippen molar-refractivity contribution >= 4 is 30.0 Å². The quantitative estimate of drug-likeness (QED) is 0.0667. The molecule has 1 heterocycles. The van der Waals surface area contributed by atoms with E-state index in [2.05, 4.69) is 10.6 Å². The summed E-state index contributed by atoms with van der Waals surface area (Å²) in [6.45, 7) is -0.288. The van der Waals surface area contributed by atoms with Crippen LogP contribution in [0.15, 0.2) is 23.9 Å². The van der Waals surface area contributed by atoms with E-state index in [9.17, 15) is 55.4 Å². The van der Waals surface area contributed by atoms with E-state index in [-0.39, 0.29) is 38.2 Å². The van der Waals surface area contributed by atoms with Gasteiger partial charge >= 0.3 is 24.2 Å². The Morgan fingerprint density at radius 1 is 0.905 bits per heavy atom. The minimum atomic E-state index is -5.14. The van der Waals surface area contributed by atoms with Crippen LogP contribution in [0.3, 0.4) is 0 Å². The minimum Gasteiger partial charge on any atom is -0.390 e. The fraction of sp³-hybridized carbons (Fsp3) is 0.609. The van der Waals surface area contributed by atoms with Crippen LogP contribution in [0.5, 0.6) is 0 Å². The van der Waals surface area contributed by atoms with Crippen molar-refractivity contribution in [3.63, 3.8) is 0 Å². The van der Waals surface area contributed by atoms with Gasteiger partial charge in [0.15, 0.2) is 0 Å². The number of amides is 5. The molecule has 1 rings (SSSR count). The Balaban J connectivity index is 2.78. The summed E-state index contributed by atoms with van der Waals surface area (Å²) >= 11 is 0. The Labute approximate surface area is 236 Å². The van der Waals surface area contributed by atoms with E-state index in [4.69, 9.17) is 4.74 Å². The van der Waals surface area contributed by atoms with Gasteiger partial charge in [0.1, 0.15) is 6.23 Å². The van der Waals surface area contributed by atoms with Gasteiger partial charge in [-0.2, -0.15) is 26.3 Å². The van der Waals surface area contributed by atoms with E-state index in [0.29, 0.717) is 6.41 Å². The largest absolute Gasteiger partial charge is 0.471 e. The molecule has 1 aliphatic heterocycles. The van der Waals surface area contributed by atoms with Gasteiger partial charge in [-0.3, -0.25) is 33.8 Å². The highest BCUT2D eigenvalue weighted by atomic mass is 19.4. The molecule has 1 saturated heterocycles. The average molecular weight is 619 g/mol. The summed E-state index contributed by atoms with van der Waals surface area (Å²) in [7, 11) is 1.30. The van der Waals surface area contributed by atoms with Gasteiger partial charge < -0.3 is 31.1 Å². The number of likely N-dealkylation sites (N-methyl/N-ethyl adjacent to an activating group) is 1. The van der Waals surface area contributed by atoms with Crippen molar-refractivity contribution in [1.82, 2.24) is 31.1 Å². The predicted molar refractivity (Wildman–Crippen MR) is 132 cm³/mol. The maximum atomic E-state index is 12.4. The number of nitrogens with one attached hydrogen (secondary N) is 4. The lowest BCUT2D eigenvalue weighted by Gasteiger charge is -2.23. The average Bonchev–Trinajstić information content (AvgIpc) is 3.24. The summed E-state index contributed by atoms with van der Waals surface area (Å²) in [6, 6.07) is 0. The van der Waals surface area contributed by atoms with Crippen molar-refractivity contribution in [1.29, 1.82) is 0 Å². The SMILES string of the molecule is CNC(=O)C(=C\N(C=O)C1CC(O)C(C)O1)/C=C/C(=O)NCCN(CCNC(=O)C(F)(F)F)CCNC(=O)C(F)(F)F. The number of alkyl halides is 6. The van der Waals surface area contributed by atoms with Gasteiger partial charge in [0, 0.05) is 65.0 Å². The molecular weight excluding hydrogens is 586 g/mol. The smallest absolute Gasteiger partial charge is 0.390 e. The third-order valence-corrected chi connectivity index (χ3v) is 5.67. The molecule has 0 aromatic heterocycles. The Morgan fingerprint density at radius 2 is 1.40 bits per heavy atom. The van der Waals surface area contributed by atoms with Crippen LogP contribution < -0.4 is 21.3 Å². The summed E-state index contributed by atoms with van der Waals surface area (Å²) in [5.74, 6) is -5.86. The van der Waals surface area contributed by atoms with Crippen LogP contribution in [0.1, 0.15) is 13.3 Å². The van der Waals surface area contributed by atoms with Crippen LogP contribution >= 0.6 is 0 Å². The number of hydrogen-bond acceptors (Lipinski definition) is 8. The number of rotatable bonds is 15. The topological polar surface area (TPSA) is 169 Å². The highest BCUT2D eigenvalue weighted by Gasteiger charge is 2.39. The molecule has 42 heavy (non-hydrogen) atoms. The molecule has 13 nitrogen and oxygen atoms in total. The second-order valence-corrected chi connectivity index (χ2v) is 8.79. The summed E-state index contributed by atoms with van der Waals surface area (Å²) in [6.07, 6.45) is -8.95. The van der Waals surface area contributed by atoms with E-state index in [0.717, 1.165) is 23.3 Å². The molecule has 3 atom stereocenters. The fourth-order valence-electron chi connectivity index (χ4n) is 3.40. The predicted octanol–water partition coefficient (Wildman–Crippen LogP) is -1.10. The van der Waals surface area contributed by atoms with E-state index >= 15 is 0 Å². The first-order chi connectivity index (χ1) is 19.5. The molecule has 0 spiro atoms. The second kappa shape index (κ2) is 16.7. The molecule has 19 heteroatoms. The van der Waals surface area contributed by atoms with Crippen LogP contribution in [-0.4, -0.2) is 122 Å². The summed E-state index contributed by atoms with van der Waals surface area (Å²) < 4.78 is 79.7. The highest BCUT2D eigenvalue weighted by molar-refractivity contribution is 5.98. The molecule has 0 bridgehead atoms. The zero-order chi connectivity index (χ0) is 32.1. The van der Waals surface area contributed by atoms with Gasteiger partial charge in [-0.15, -0.1) is 0 Å². The lowest BCUT2D eigenvalue weighted by atomic mass is 10.2. The number of halogens is 6. The van der Waals surface area contributed by atoms with Crippen molar-refractivity contribution in [2.24, 2.45) is 0 Å². The Morgan fingerprint density at radius 3 is 1.81 bits per heavy atom. The van der Waals surface area contributed by atoms with Crippen LogP contribution in [0, 0.1) is 0 Å². The number of aliphatic hydroxyl groups is 1. The van der Waals surface area contributed by atoms with Gasteiger partial charge in [0.25, 0.3) is 5.91 Å². The number of hydrogen-bond donors (Lipinski definition) is 5. The molecule has 0 saturated carbocycles. The number of nitrogens with zero attached hydrogens (tertiary/aromatic N) is 2. The summed E-state index contributed by atoms with van der Waals surface area (Å²) in [4.78, 5) is 60.3. The standard InChI is InChI=1S/C23H32F6N6O7/c1-14-16(37)11-18(42-14)35(13-36)12-15(19(39)30-2)3-4-17(38)31-5-8-34(9-6-32-20(40)22(24,25)26)10-7-33-21(41)23(27,28)29/h3-4,12-14,16,18,37H,5-11H2,1-2H3,(H,30,39)(H,31,38)(H,32,40)(H,33,41)/b4-3+,15-12-. The third-order valence-electron chi connectivity index (χ3n) is 5.67. The van der Waals surface area contributed by atoms with Crippen molar-refractivity contribution in [3.8, 4) is 0 Å². The molecule has 0 radical (unpaired) electrons. The second-order valence-electron chi connectivity index (χ2n) is 8.79. The van der Waals surface area contributed by atoms with Crippen molar-refractivity contribution < 1.29 is 60.2 Å². The third kappa shape index (κ3) is 12.9. The first-order valence-electron chi connectivity index (χ1n) is 12.4. The number of carbonyl (C=O) groups is 5. The molecule has 3 unspecified atom stereocenters. The molecule has 5 N–H and O–H groups in total.